The Hall–Kier alpha value is -2.86. The maximum absolute atomic E-state index is 9.43. The highest BCUT2D eigenvalue weighted by atomic mass is 16.3. The third-order valence-corrected chi connectivity index (χ3v) is 3.73. The molecular formula is C20H18N2O. The Morgan fingerprint density at radius 3 is 2.39 bits per heavy atom. The predicted molar refractivity (Wildman–Crippen MR) is 92.6 cm³/mol. The SMILES string of the molecule is CC(C)(C)c1ccc(/C=C(\C#N)c2nc3ccccc3o2)cc1. The molecule has 0 aliphatic rings. The second-order valence-electron chi connectivity index (χ2n) is 6.53. The number of oxazole rings is 1. The van der Waals surface area contributed by atoms with Gasteiger partial charge in [0.15, 0.2) is 5.58 Å². The fourth-order valence-electron chi connectivity index (χ4n) is 2.38. The van der Waals surface area contributed by atoms with Crippen LogP contribution in [0.3, 0.4) is 0 Å². The maximum Gasteiger partial charge on any atom is 0.238 e. The molecule has 0 atom stereocenters. The highest BCUT2D eigenvalue weighted by Crippen LogP contribution is 2.25. The normalized spacial score (nSPS) is 12.3. The molecule has 1 heterocycles. The lowest BCUT2D eigenvalue weighted by Crippen LogP contribution is -2.10. The number of aromatic nitrogens is 1. The van der Waals surface area contributed by atoms with Gasteiger partial charge in [-0.2, -0.15) is 5.26 Å². The molecule has 2 aromatic carbocycles. The molecule has 1 aromatic heterocycles. The van der Waals surface area contributed by atoms with E-state index in [2.05, 4.69) is 44.0 Å². The third kappa shape index (κ3) is 3.17. The van der Waals surface area contributed by atoms with Crippen molar-refractivity contribution in [2.45, 2.75) is 26.2 Å². The van der Waals surface area contributed by atoms with Gasteiger partial charge in [0, 0.05) is 0 Å². The first-order chi connectivity index (χ1) is 11.0. The van der Waals surface area contributed by atoms with Gasteiger partial charge in [0.2, 0.25) is 5.89 Å². The summed E-state index contributed by atoms with van der Waals surface area (Å²) in [5.41, 5.74) is 4.19. The minimum atomic E-state index is 0.112. The number of fused-ring (bicyclic) bond motifs is 1. The summed E-state index contributed by atoms with van der Waals surface area (Å²) in [6.45, 7) is 6.53. The van der Waals surface area contributed by atoms with Crippen LogP contribution in [0.15, 0.2) is 52.9 Å². The number of rotatable bonds is 2. The lowest BCUT2D eigenvalue weighted by Gasteiger charge is -2.18. The minimum Gasteiger partial charge on any atom is -0.435 e. The molecule has 0 aliphatic carbocycles. The summed E-state index contributed by atoms with van der Waals surface area (Å²) in [7, 11) is 0. The first-order valence-electron chi connectivity index (χ1n) is 7.56. The van der Waals surface area contributed by atoms with Crippen LogP contribution in [0.25, 0.3) is 22.7 Å². The van der Waals surface area contributed by atoms with E-state index in [1.54, 1.807) is 6.08 Å². The zero-order valence-electron chi connectivity index (χ0n) is 13.5. The summed E-state index contributed by atoms with van der Waals surface area (Å²) >= 11 is 0. The van der Waals surface area contributed by atoms with Crippen molar-refractivity contribution >= 4 is 22.7 Å². The van der Waals surface area contributed by atoms with Crippen LogP contribution in [-0.4, -0.2) is 4.98 Å². The highest BCUT2D eigenvalue weighted by Gasteiger charge is 2.13. The van der Waals surface area contributed by atoms with Crippen LogP contribution < -0.4 is 0 Å². The number of hydrogen-bond acceptors (Lipinski definition) is 3. The molecule has 0 N–H and O–H groups in total. The van der Waals surface area contributed by atoms with Gasteiger partial charge in [0.25, 0.3) is 0 Å². The van der Waals surface area contributed by atoms with E-state index in [0.717, 1.165) is 11.1 Å². The average Bonchev–Trinajstić information content (AvgIpc) is 2.96. The quantitative estimate of drug-likeness (QED) is 0.612. The van der Waals surface area contributed by atoms with Crippen molar-refractivity contribution in [2.24, 2.45) is 0 Å². The van der Waals surface area contributed by atoms with Crippen LogP contribution in [0.5, 0.6) is 0 Å². The lowest BCUT2D eigenvalue weighted by atomic mass is 9.86. The van der Waals surface area contributed by atoms with E-state index in [-0.39, 0.29) is 5.41 Å². The Balaban J connectivity index is 1.97. The van der Waals surface area contributed by atoms with Gasteiger partial charge >= 0.3 is 0 Å². The summed E-state index contributed by atoms with van der Waals surface area (Å²) in [6.07, 6.45) is 1.80. The maximum atomic E-state index is 9.43. The van der Waals surface area contributed by atoms with E-state index in [0.29, 0.717) is 17.0 Å². The van der Waals surface area contributed by atoms with Gasteiger partial charge in [-0.25, -0.2) is 4.98 Å². The van der Waals surface area contributed by atoms with Crippen LogP contribution >= 0.6 is 0 Å². The summed E-state index contributed by atoms with van der Waals surface area (Å²) in [5.74, 6) is 0.355. The van der Waals surface area contributed by atoms with Gasteiger partial charge in [-0.1, -0.05) is 57.2 Å². The van der Waals surface area contributed by atoms with Gasteiger partial charge in [0.05, 0.1) is 0 Å². The molecule has 23 heavy (non-hydrogen) atoms. The molecule has 0 bridgehead atoms. The fourth-order valence-corrected chi connectivity index (χ4v) is 2.38. The molecule has 0 fully saturated rings. The highest BCUT2D eigenvalue weighted by molar-refractivity contribution is 5.88. The van der Waals surface area contributed by atoms with Gasteiger partial charge < -0.3 is 4.42 Å². The van der Waals surface area contributed by atoms with Gasteiger partial charge in [-0.05, 0) is 34.8 Å². The molecule has 0 saturated carbocycles. The van der Waals surface area contributed by atoms with E-state index in [1.165, 1.54) is 5.56 Å². The van der Waals surface area contributed by atoms with Crippen LogP contribution in [0.1, 0.15) is 37.8 Å². The van der Waals surface area contributed by atoms with Crippen molar-refractivity contribution in [3.63, 3.8) is 0 Å². The van der Waals surface area contributed by atoms with E-state index >= 15 is 0 Å². The zero-order chi connectivity index (χ0) is 16.4. The molecule has 0 aliphatic heterocycles. The number of allylic oxidation sites excluding steroid dienone is 1. The molecule has 3 nitrogen and oxygen atoms in total. The molecule has 114 valence electrons. The Labute approximate surface area is 135 Å². The molecule has 0 spiro atoms. The molecule has 0 amide bonds. The number of para-hydroxylation sites is 2. The summed E-state index contributed by atoms with van der Waals surface area (Å²) in [5, 5.41) is 9.43. The molecule has 0 radical (unpaired) electrons. The summed E-state index contributed by atoms with van der Waals surface area (Å²) < 4.78 is 5.67. The topological polar surface area (TPSA) is 49.8 Å². The molecule has 0 saturated heterocycles. The van der Waals surface area contributed by atoms with Crippen molar-refractivity contribution in [3.8, 4) is 6.07 Å². The van der Waals surface area contributed by atoms with Crippen molar-refractivity contribution in [1.82, 2.24) is 4.98 Å². The molecule has 3 aromatic rings. The summed E-state index contributed by atoms with van der Waals surface area (Å²) in [4.78, 5) is 4.38. The van der Waals surface area contributed by atoms with Crippen LogP contribution in [0.4, 0.5) is 0 Å². The van der Waals surface area contributed by atoms with Crippen LogP contribution in [0, 0.1) is 11.3 Å². The van der Waals surface area contributed by atoms with Crippen LogP contribution in [0.2, 0.25) is 0 Å². The van der Waals surface area contributed by atoms with E-state index in [9.17, 15) is 5.26 Å². The largest absolute Gasteiger partial charge is 0.435 e. The first kappa shape index (κ1) is 15.1. The number of nitrogens with zero attached hydrogens (tertiary/aromatic N) is 2. The smallest absolute Gasteiger partial charge is 0.238 e. The number of hydrogen-bond donors (Lipinski definition) is 0. The molecule has 0 unspecified atom stereocenters. The van der Waals surface area contributed by atoms with E-state index < -0.39 is 0 Å². The van der Waals surface area contributed by atoms with Crippen LogP contribution in [-0.2, 0) is 5.41 Å². The third-order valence-electron chi connectivity index (χ3n) is 3.73. The number of benzene rings is 2. The first-order valence-corrected chi connectivity index (χ1v) is 7.56. The Morgan fingerprint density at radius 1 is 1.09 bits per heavy atom. The fraction of sp³-hybridized carbons (Fsp3) is 0.200. The van der Waals surface area contributed by atoms with E-state index in [1.807, 2.05) is 36.4 Å². The Morgan fingerprint density at radius 2 is 1.78 bits per heavy atom. The minimum absolute atomic E-state index is 0.112. The van der Waals surface area contributed by atoms with Gasteiger partial charge in [0.1, 0.15) is 17.2 Å². The molecular weight excluding hydrogens is 284 g/mol. The second kappa shape index (κ2) is 5.73. The monoisotopic (exact) mass is 302 g/mol. The zero-order valence-corrected chi connectivity index (χ0v) is 13.5. The van der Waals surface area contributed by atoms with Gasteiger partial charge in [-0.3, -0.25) is 0 Å². The Bertz CT molecular complexity index is 870. The van der Waals surface area contributed by atoms with Crippen molar-refractivity contribution in [2.75, 3.05) is 0 Å². The molecule has 3 rings (SSSR count). The average molecular weight is 302 g/mol. The van der Waals surface area contributed by atoms with Gasteiger partial charge in [-0.15, -0.1) is 0 Å². The lowest BCUT2D eigenvalue weighted by molar-refractivity contribution is 0.586. The number of nitriles is 1. The second-order valence-corrected chi connectivity index (χ2v) is 6.53. The van der Waals surface area contributed by atoms with Crippen molar-refractivity contribution in [3.05, 3.63) is 65.5 Å². The summed E-state index contributed by atoms with van der Waals surface area (Å²) in [6, 6.07) is 17.9. The standard InChI is InChI=1S/C20H18N2O/c1-20(2,3)16-10-8-14(9-11-16)12-15(13-21)19-22-17-6-4-5-7-18(17)23-19/h4-12H,1-3H3/b15-12+. The Kier molecular flexibility index (Phi) is 3.75. The molecule has 3 heteroatoms. The van der Waals surface area contributed by atoms with Crippen molar-refractivity contribution < 1.29 is 4.42 Å². The van der Waals surface area contributed by atoms with E-state index in [4.69, 9.17) is 4.42 Å². The predicted octanol–water partition coefficient (Wildman–Crippen LogP) is 5.19. The van der Waals surface area contributed by atoms with Crippen molar-refractivity contribution in [1.29, 1.82) is 5.26 Å².